The number of aromatic nitrogens is 3. The third-order valence-electron chi connectivity index (χ3n) is 3.40. The summed E-state index contributed by atoms with van der Waals surface area (Å²) < 4.78 is 7.66. The molecule has 2 atom stereocenters. The SMILES string of the molecule is CCCNC(Cc1cn(C)nn1)C1CCCCO1. The molecule has 0 spiro atoms. The Balaban J connectivity index is 1.94. The quantitative estimate of drug-likeness (QED) is 0.829. The summed E-state index contributed by atoms with van der Waals surface area (Å²) in [6.07, 6.45) is 7.98. The predicted molar refractivity (Wildman–Crippen MR) is 70.4 cm³/mol. The second-order valence-electron chi connectivity index (χ2n) is 5.05. The fourth-order valence-corrected chi connectivity index (χ4v) is 2.46. The minimum absolute atomic E-state index is 0.326. The van der Waals surface area contributed by atoms with Crippen LogP contribution in [0.3, 0.4) is 0 Å². The minimum atomic E-state index is 0.326. The average Bonchev–Trinajstić information content (AvgIpc) is 2.81. The van der Waals surface area contributed by atoms with E-state index in [2.05, 4.69) is 22.6 Å². The number of hydrogen-bond donors (Lipinski definition) is 1. The molecule has 1 fully saturated rings. The lowest BCUT2D eigenvalue weighted by atomic mass is 9.98. The molecule has 5 heteroatoms. The van der Waals surface area contributed by atoms with Gasteiger partial charge in [-0.3, -0.25) is 4.68 Å². The van der Waals surface area contributed by atoms with Crippen LogP contribution >= 0.6 is 0 Å². The normalized spacial score (nSPS) is 22.0. The third-order valence-corrected chi connectivity index (χ3v) is 3.40. The molecule has 2 heterocycles. The van der Waals surface area contributed by atoms with Crippen LogP contribution in [0, 0.1) is 0 Å². The number of aryl methyl sites for hydroxylation is 1. The van der Waals surface area contributed by atoms with E-state index in [0.29, 0.717) is 12.1 Å². The van der Waals surface area contributed by atoms with Crippen LogP contribution in [0.4, 0.5) is 0 Å². The molecule has 18 heavy (non-hydrogen) atoms. The van der Waals surface area contributed by atoms with Crippen molar-refractivity contribution in [3.05, 3.63) is 11.9 Å². The molecule has 0 saturated carbocycles. The molecule has 0 radical (unpaired) electrons. The van der Waals surface area contributed by atoms with E-state index >= 15 is 0 Å². The summed E-state index contributed by atoms with van der Waals surface area (Å²) in [6.45, 7) is 4.12. The summed E-state index contributed by atoms with van der Waals surface area (Å²) >= 11 is 0. The zero-order valence-electron chi connectivity index (χ0n) is 11.4. The summed E-state index contributed by atoms with van der Waals surface area (Å²) in [5, 5.41) is 11.8. The van der Waals surface area contributed by atoms with Gasteiger partial charge in [0, 0.05) is 32.3 Å². The van der Waals surface area contributed by atoms with E-state index in [9.17, 15) is 0 Å². The Kier molecular flexibility index (Phi) is 5.13. The monoisotopic (exact) mass is 252 g/mol. The van der Waals surface area contributed by atoms with Crippen molar-refractivity contribution in [1.82, 2.24) is 20.3 Å². The molecular formula is C13H24N4O. The van der Waals surface area contributed by atoms with Crippen molar-refractivity contribution in [3.8, 4) is 0 Å². The maximum absolute atomic E-state index is 5.90. The second kappa shape index (κ2) is 6.85. The highest BCUT2D eigenvalue weighted by atomic mass is 16.5. The van der Waals surface area contributed by atoms with Crippen LogP contribution in [0.1, 0.15) is 38.3 Å². The largest absolute Gasteiger partial charge is 0.377 e. The van der Waals surface area contributed by atoms with Crippen molar-refractivity contribution in [2.75, 3.05) is 13.2 Å². The highest BCUT2D eigenvalue weighted by Crippen LogP contribution is 2.18. The van der Waals surface area contributed by atoms with Crippen LogP contribution in [-0.2, 0) is 18.2 Å². The molecule has 0 bridgehead atoms. The van der Waals surface area contributed by atoms with E-state index in [-0.39, 0.29) is 0 Å². The fourth-order valence-electron chi connectivity index (χ4n) is 2.46. The summed E-state index contributed by atoms with van der Waals surface area (Å²) in [5.41, 5.74) is 1.04. The predicted octanol–water partition coefficient (Wildman–Crippen LogP) is 1.29. The van der Waals surface area contributed by atoms with Crippen molar-refractivity contribution in [2.45, 2.75) is 51.2 Å². The first-order chi connectivity index (χ1) is 8.79. The first-order valence-corrected chi connectivity index (χ1v) is 6.99. The third kappa shape index (κ3) is 3.78. The van der Waals surface area contributed by atoms with Crippen molar-refractivity contribution in [2.24, 2.45) is 7.05 Å². The lowest BCUT2D eigenvalue weighted by Crippen LogP contribution is -2.44. The maximum atomic E-state index is 5.90. The van der Waals surface area contributed by atoms with Crippen LogP contribution in [0.2, 0.25) is 0 Å². The molecule has 0 aliphatic carbocycles. The Morgan fingerprint density at radius 3 is 3.06 bits per heavy atom. The van der Waals surface area contributed by atoms with Gasteiger partial charge in [0.05, 0.1) is 11.8 Å². The Labute approximate surface area is 109 Å². The van der Waals surface area contributed by atoms with Gasteiger partial charge < -0.3 is 10.1 Å². The molecule has 102 valence electrons. The molecule has 1 aliphatic heterocycles. The molecule has 1 aliphatic rings. The van der Waals surface area contributed by atoms with Crippen LogP contribution in [-0.4, -0.2) is 40.3 Å². The van der Waals surface area contributed by atoms with Crippen molar-refractivity contribution < 1.29 is 4.74 Å². The molecule has 0 aromatic carbocycles. The summed E-state index contributed by atoms with van der Waals surface area (Å²) in [6, 6.07) is 0.363. The maximum Gasteiger partial charge on any atom is 0.0843 e. The van der Waals surface area contributed by atoms with Gasteiger partial charge in [-0.1, -0.05) is 12.1 Å². The Morgan fingerprint density at radius 1 is 1.56 bits per heavy atom. The smallest absolute Gasteiger partial charge is 0.0843 e. The highest BCUT2D eigenvalue weighted by molar-refractivity contribution is 4.98. The number of ether oxygens (including phenoxy) is 1. The van der Waals surface area contributed by atoms with Crippen molar-refractivity contribution in [3.63, 3.8) is 0 Å². The number of nitrogens with one attached hydrogen (secondary N) is 1. The minimum Gasteiger partial charge on any atom is -0.377 e. The fraction of sp³-hybridized carbons (Fsp3) is 0.846. The molecule has 1 N–H and O–H groups in total. The molecule has 1 saturated heterocycles. The number of hydrogen-bond acceptors (Lipinski definition) is 4. The topological polar surface area (TPSA) is 52.0 Å². The van der Waals surface area contributed by atoms with Crippen molar-refractivity contribution >= 4 is 0 Å². The van der Waals surface area contributed by atoms with Gasteiger partial charge in [-0.25, -0.2) is 0 Å². The zero-order chi connectivity index (χ0) is 12.8. The van der Waals surface area contributed by atoms with E-state index in [1.165, 1.54) is 12.8 Å². The van der Waals surface area contributed by atoms with E-state index in [1.807, 2.05) is 13.2 Å². The Morgan fingerprint density at radius 2 is 2.44 bits per heavy atom. The molecule has 0 amide bonds. The van der Waals surface area contributed by atoms with E-state index in [0.717, 1.165) is 38.1 Å². The summed E-state index contributed by atoms with van der Waals surface area (Å²) in [4.78, 5) is 0. The van der Waals surface area contributed by atoms with Gasteiger partial charge in [-0.2, -0.15) is 0 Å². The van der Waals surface area contributed by atoms with E-state index in [4.69, 9.17) is 4.74 Å². The average molecular weight is 252 g/mol. The van der Waals surface area contributed by atoms with E-state index < -0.39 is 0 Å². The molecule has 2 rings (SSSR count). The van der Waals surface area contributed by atoms with Crippen molar-refractivity contribution in [1.29, 1.82) is 0 Å². The number of nitrogens with zero attached hydrogens (tertiary/aromatic N) is 3. The van der Waals surface area contributed by atoms with Gasteiger partial charge in [0.25, 0.3) is 0 Å². The van der Waals surface area contributed by atoms with Gasteiger partial charge >= 0.3 is 0 Å². The van der Waals surface area contributed by atoms with Gasteiger partial charge in [0.15, 0.2) is 0 Å². The molecule has 1 aromatic rings. The molecule has 1 aromatic heterocycles. The molecule has 2 unspecified atom stereocenters. The van der Waals surface area contributed by atoms with Gasteiger partial charge in [0.1, 0.15) is 0 Å². The van der Waals surface area contributed by atoms with E-state index in [1.54, 1.807) is 4.68 Å². The summed E-state index contributed by atoms with van der Waals surface area (Å²) in [5.74, 6) is 0. The lowest BCUT2D eigenvalue weighted by molar-refractivity contribution is -0.00756. The van der Waals surface area contributed by atoms with Gasteiger partial charge in [0.2, 0.25) is 0 Å². The van der Waals surface area contributed by atoms with Crippen LogP contribution in [0.15, 0.2) is 6.20 Å². The Hall–Kier alpha value is -0.940. The standard InChI is InChI=1S/C13H24N4O/c1-3-7-14-12(13-6-4-5-8-18-13)9-11-10-17(2)16-15-11/h10,12-14H,3-9H2,1-2H3. The zero-order valence-corrected chi connectivity index (χ0v) is 11.4. The molecular weight excluding hydrogens is 228 g/mol. The van der Waals surface area contributed by atoms with Crippen LogP contribution in [0.25, 0.3) is 0 Å². The second-order valence-corrected chi connectivity index (χ2v) is 5.05. The van der Waals surface area contributed by atoms with Crippen LogP contribution < -0.4 is 5.32 Å². The lowest BCUT2D eigenvalue weighted by Gasteiger charge is -2.30. The van der Waals surface area contributed by atoms with Gasteiger partial charge in [-0.15, -0.1) is 5.10 Å². The molecule has 5 nitrogen and oxygen atoms in total. The Bertz CT molecular complexity index is 347. The van der Waals surface area contributed by atoms with Crippen LogP contribution in [0.5, 0.6) is 0 Å². The number of rotatable bonds is 6. The first kappa shape index (κ1) is 13.5. The van der Waals surface area contributed by atoms with Gasteiger partial charge in [-0.05, 0) is 32.2 Å². The first-order valence-electron chi connectivity index (χ1n) is 6.99. The summed E-state index contributed by atoms with van der Waals surface area (Å²) in [7, 11) is 1.90. The highest BCUT2D eigenvalue weighted by Gasteiger charge is 2.25.